The first-order valence-corrected chi connectivity index (χ1v) is 6.56. The summed E-state index contributed by atoms with van der Waals surface area (Å²) >= 11 is 0. The molecular weight excluding hydrogens is 254 g/mol. The van der Waals surface area contributed by atoms with E-state index in [1.807, 2.05) is 30.3 Å². The molecule has 0 atom stereocenters. The third-order valence-electron chi connectivity index (χ3n) is 2.98. The molecule has 0 spiro atoms. The maximum atomic E-state index is 12.1. The molecule has 0 fully saturated rings. The van der Waals surface area contributed by atoms with Gasteiger partial charge in [0, 0.05) is 18.6 Å². The molecule has 20 heavy (non-hydrogen) atoms. The van der Waals surface area contributed by atoms with Gasteiger partial charge in [-0.2, -0.15) is 0 Å². The van der Waals surface area contributed by atoms with Crippen LogP contribution in [0.5, 0.6) is 0 Å². The van der Waals surface area contributed by atoms with Crippen LogP contribution in [0.4, 0.5) is 5.69 Å². The molecule has 0 aliphatic rings. The van der Waals surface area contributed by atoms with E-state index in [4.69, 9.17) is 4.42 Å². The molecule has 0 saturated carbocycles. The van der Waals surface area contributed by atoms with E-state index in [2.05, 4.69) is 0 Å². The Morgan fingerprint density at radius 2 is 1.90 bits per heavy atom. The third kappa shape index (κ3) is 3.35. The zero-order chi connectivity index (χ0) is 14.5. The van der Waals surface area contributed by atoms with E-state index >= 15 is 0 Å². The van der Waals surface area contributed by atoms with Gasteiger partial charge in [0.25, 0.3) is 0 Å². The van der Waals surface area contributed by atoms with E-state index in [1.54, 1.807) is 24.8 Å². The highest BCUT2D eigenvalue weighted by atomic mass is 16.4. The van der Waals surface area contributed by atoms with Crippen LogP contribution >= 0.6 is 0 Å². The molecule has 4 heteroatoms. The van der Waals surface area contributed by atoms with E-state index in [0.29, 0.717) is 24.4 Å². The number of nitrogens with zero attached hydrogens (tertiary/aromatic N) is 1. The molecule has 0 N–H and O–H groups in total. The monoisotopic (exact) mass is 271 g/mol. The fourth-order valence-electron chi connectivity index (χ4n) is 2.02. The van der Waals surface area contributed by atoms with Crippen molar-refractivity contribution in [2.45, 2.75) is 26.8 Å². The Hall–Kier alpha value is -2.36. The molecule has 0 bridgehead atoms. The molecule has 1 heterocycles. The second kappa shape index (κ2) is 6.19. The van der Waals surface area contributed by atoms with Crippen LogP contribution in [0, 0.1) is 6.92 Å². The fourth-order valence-corrected chi connectivity index (χ4v) is 2.02. The van der Waals surface area contributed by atoms with Crippen LogP contribution in [0.1, 0.15) is 24.7 Å². The van der Waals surface area contributed by atoms with Crippen LogP contribution in [-0.2, 0) is 11.3 Å². The fraction of sp³-hybridized carbons (Fsp3) is 0.250. The third-order valence-corrected chi connectivity index (χ3v) is 2.98. The number of rotatable bonds is 4. The van der Waals surface area contributed by atoms with E-state index in [0.717, 1.165) is 5.56 Å². The summed E-state index contributed by atoms with van der Waals surface area (Å²) < 4.78 is 4.94. The van der Waals surface area contributed by atoms with Crippen molar-refractivity contribution in [1.29, 1.82) is 0 Å². The average molecular weight is 271 g/mol. The zero-order valence-electron chi connectivity index (χ0n) is 11.6. The number of carbonyl (C=O) groups excluding carboxylic acids is 1. The Balaban J connectivity index is 2.37. The zero-order valence-corrected chi connectivity index (χ0v) is 11.6. The molecule has 0 unspecified atom stereocenters. The summed E-state index contributed by atoms with van der Waals surface area (Å²) in [5, 5.41) is 0. The number of benzene rings is 1. The second-order valence-electron chi connectivity index (χ2n) is 4.56. The number of hydrogen-bond donors (Lipinski definition) is 0. The molecule has 0 saturated heterocycles. The number of anilines is 1. The Morgan fingerprint density at radius 3 is 2.50 bits per heavy atom. The summed E-state index contributed by atoms with van der Waals surface area (Å²) in [6, 6.07) is 12.7. The van der Waals surface area contributed by atoms with E-state index in [-0.39, 0.29) is 5.91 Å². The van der Waals surface area contributed by atoms with Gasteiger partial charge in [-0.05, 0) is 12.5 Å². The Bertz CT molecular complexity index is 646. The summed E-state index contributed by atoms with van der Waals surface area (Å²) in [5.41, 5.74) is 1.15. The predicted molar refractivity (Wildman–Crippen MR) is 77.6 cm³/mol. The molecule has 0 aliphatic heterocycles. The number of amides is 1. The lowest BCUT2D eigenvalue weighted by molar-refractivity contribution is -0.118. The van der Waals surface area contributed by atoms with Gasteiger partial charge in [-0.3, -0.25) is 4.79 Å². The van der Waals surface area contributed by atoms with Crippen molar-refractivity contribution < 1.29 is 9.21 Å². The minimum Gasteiger partial charge on any atom is -0.428 e. The van der Waals surface area contributed by atoms with Crippen LogP contribution in [0.2, 0.25) is 0 Å². The summed E-state index contributed by atoms with van der Waals surface area (Å²) in [6.07, 6.45) is 0.381. The average Bonchev–Trinajstić information content (AvgIpc) is 2.44. The number of aryl methyl sites for hydroxylation is 1. The molecule has 1 amide bonds. The van der Waals surface area contributed by atoms with Gasteiger partial charge in [-0.1, -0.05) is 37.3 Å². The molecule has 1 aromatic carbocycles. The molecule has 0 aliphatic carbocycles. The summed E-state index contributed by atoms with van der Waals surface area (Å²) in [6.45, 7) is 3.94. The summed E-state index contributed by atoms with van der Waals surface area (Å²) in [4.78, 5) is 25.2. The van der Waals surface area contributed by atoms with Crippen molar-refractivity contribution in [3.05, 3.63) is 64.2 Å². The summed E-state index contributed by atoms with van der Waals surface area (Å²) in [5.74, 6) is 0.466. The number of hydrogen-bond acceptors (Lipinski definition) is 3. The van der Waals surface area contributed by atoms with Crippen LogP contribution in [0.15, 0.2) is 51.7 Å². The van der Waals surface area contributed by atoms with E-state index in [1.165, 1.54) is 6.07 Å². The normalized spacial score (nSPS) is 10.3. The smallest absolute Gasteiger partial charge is 0.337 e. The lowest BCUT2D eigenvalue weighted by atomic mass is 10.2. The molecule has 4 nitrogen and oxygen atoms in total. The van der Waals surface area contributed by atoms with Crippen LogP contribution in [0.3, 0.4) is 0 Å². The SMILES string of the molecule is CCC(=O)N(Cc1ccccc1)c1cc(C)oc(=O)c1. The minimum atomic E-state index is -0.443. The van der Waals surface area contributed by atoms with Crippen molar-refractivity contribution in [1.82, 2.24) is 0 Å². The molecule has 2 rings (SSSR count). The minimum absolute atomic E-state index is 0.0288. The Labute approximate surface area is 117 Å². The van der Waals surface area contributed by atoms with E-state index in [9.17, 15) is 9.59 Å². The summed E-state index contributed by atoms with van der Waals surface area (Å²) in [7, 11) is 0. The van der Waals surface area contributed by atoms with Gasteiger partial charge < -0.3 is 9.32 Å². The van der Waals surface area contributed by atoms with Gasteiger partial charge in [-0.15, -0.1) is 0 Å². The molecule has 0 radical (unpaired) electrons. The highest BCUT2D eigenvalue weighted by Crippen LogP contribution is 2.18. The highest BCUT2D eigenvalue weighted by Gasteiger charge is 2.15. The molecular formula is C16H17NO3. The first-order valence-electron chi connectivity index (χ1n) is 6.56. The van der Waals surface area contributed by atoms with Crippen molar-refractivity contribution in [2.24, 2.45) is 0 Å². The maximum Gasteiger partial charge on any atom is 0.337 e. The second-order valence-corrected chi connectivity index (χ2v) is 4.56. The quantitative estimate of drug-likeness (QED) is 0.859. The van der Waals surface area contributed by atoms with E-state index < -0.39 is 5.63 Å². The molecule has 1 aromatic heterocycles. The first-order chi connectivity index (χ1) is 9.60. The molecule has 104 valence electrons. The first kappa shape index (κ1) is 14.1. The van der Waals surface area contributed by atoms with Gasteiger partial charge in [-0.25, -0.2) is 4.79 Å². The predicted octanol–water partition coefficient (Wildman–Crippen LogP) is 2.89. The van der Waals surface area contributed by atoms with Crippen LogP contribution < -0.4 is 10.5 Å². The van der Waals surface area contributed by atoms with Gasteiger partial charge >= 0.3 is 5.63 Å². The maximum absolute atomic E-state index is 12.1. The topological polar surface area (TPSA) is 50.5 Å². The van der Waals surface area contributed by atoms with Gasteiger partial charge in [0.05, 0.1) is 12.2 Å². The molecule has 2 aromatic rings. The van der Waals surface area contributed by atoms with Crippen LogP contribution in [0.25, 0.3) is 0 Å². The number of carbonyl (C=O) groups is 1. The van der Waals surface area contributed by atoms with Crippen molar-refractivity contribution in [2.75, 3.05) is 4.90 Å². The van der Waals surface area contributed by atoms with Crippen LogP contribution in [-0.4, -0.2) is 5.91 Å². The van der Waals surface area contributed by atoms with Crippen molar-refractivity contribution in [3.8, 4) is 0 Å². The standard InChI is InChI=1S/C16H17NO3/c1-3-15(18)17(11-13-7-5-4-6-8-13)14-9-12(2)20-16(19)10-14/h4-10H,3,11H2,1-2H3. The Morgan fingerprint density at radius 1 is 1.20 bits per heavy atom. The van der Waals surface area contributed by atoms with Crippen molar-refractivity contribution >= 4 is 11.6 Å². The Kier molecular flexibility index (Phi) is 4.35. The lowest BCUT2D eigenvalue weighted by Crippen LogP contribution is -2.30. The van der Waals surface area contributed by atoms with Crippen molar-refractivity contribution in [3.63, 3.8) is 0 Å². The highest BCUT2D eigenvalue weighted by molar-refractivity contribution is 5.92. The van der Waals surface area contributed by atoms with Gasteiger partial charge in [0.15, 0.2) is 0 Å². The largest absolute Gasteiger partial charge is 0.428 e. The van der Waals surface area contributed by atoms with Gasteiger partial charge in [0.1, 0.15) is 5.76 Å². The van der Waals surface area contributed by atoms with Gasteiger partial charge in [0.2, 0.25) is 5.91 Å². The lowest BCUT2D eigenvalue weighted by Gasteiger charge is -2.22.